The minimum Gasteiger partial charge on any atom is -0.389 e. The topological polar surface area (TPSA) is 32.7 Å². The predicted octanol–water partition coefficient (Wildman–Crippen LogP) is 2.18. The van der Waals surface area contributed by atoms with Crippen molar-refractivity contribution >= 4 is 0 Å². The summed E-state index contributed by atoms with van der Waals surface area (Å²) >= 11 is 0. The van der Waals surface area contributed by atoms with Crippen molar-refractivity contribution in [1.82, 2.24) is 4.90 Å². The normalized spacial score (nSPS) is 24.2. The molecule has 100 valence electrons. The van der Waals surface area contributed by atoms with Gasteiger partial charge in [-0.1, -0.05) is 19.3 Å². The maximum Gasteiger partial charge on any atom is 0.0900 e. The summed E-state index contributed by atoms with van der Waals surface area (Å²) in [5.41, 5.74) is 0. The third-order valence-electron chi connectivity index (χ3n) is 4.00. The lowest BCUT2D eigenvalue weighted by Gasteiger charge is -2.35. The smallest absolute Gasteiger partial charge is 0.0900 e. The van der Waals surface area contributed by atoms with E-state index >= 15 is 0 Å². The van der Waals surface area contributed by atoms with Crippen LogP contribution in [0.25, 0.3) is 0 Å². The first-order valence-corrected chi connectivity index (χ1v) is 7.32. The van der Waals surface area contributed by atoms with E-state index in [0.717, 1.165) is 18.6 Å². The second-order valence-electron chi connectivity index (χ2n) is 5.53. The Balaban J connectivity index is 1.79. The second-order valence-corrected chi connectivity index (χ2v) is 5.53. The van der Waals surface area contributed by atoms with Crippen molar-refractivity contribution in [1.29, 1.82) is 0 Å². The summed E-state index contributed by atoms with van der Waals surface area (Å²) in [6.07, 6.45) is 9.16. The van der Waals surface area contributed by atoms with Crippen molar-refractivity contribution in [3.05, 3.63) is 0 Å². The number of ether oxygens (including phenoxy) is 1. The van der Waals surface area contributed by atoms with E-state index in [-0.39, 0.29) is 6.10 Å². The fourth-order valence-corrected chi connectivity index (χ4v) is 2.97. The lowest BCUT2D eigenvalue weighted by atomic mass is 9.94. The molecule has 1 atom stereocenters. The molecular formula is C14H27NO2. The molecule has 1 N–H and O–H groups in total. The van der Waals surface area contributed by atoms with E-state index in [0.29, 0.717) is 13.2 Å². The van der Waals surface area contributed by atoms with Crippen molar-refractivity contribution in [2.75, 3.05) is 19.8 Å². The lowest BCUT2D eigenvalue weighted by molar-refractivity contribution is 0.00551. The van der Waals surface area contributed by atoms with Crippen molar-refractivity contribution < 1.29 is 9.84 Å². The van der Waals surface area contributed by atoms with Gasteiger partial charge in [0.25, 0.3) is 0 Å². The lowest BCUT2D eigenvalue weighted by Crippen LogP contribution is -2.44. The molecule has 2 rings (SSSR count). The number of aliphatic hydroxyl groups is 1. The van der Waals surface area contributed by atoms with Gasteiger partial charge in [0.05, 0.1) is 12.7 Å². The molecule has 0 aliphatic heterocycles. The van der Waals surface area contributed by atoms with Gasteiger partial charge in [0.2, 0.25) is 0 Å². The average Bonchev–Trinajstić information content (AvgIpc) is 3.19. The van der Waals surface area contributed by atoms with Gasteiger partial charge < -0.3 is 9.84 Å². The highest BCUT2D eigenvalue weighted by molar-refractivity contribution is 4.90. The fourth-order valence-electron chi connectivity index (χ4n) is 2.97. The number of rotatable bonds is 7. The molecule has 0 aromatic rings. The van der Waals surface area contributed by atoms with E-state index in [1.165, 1.54) is 44.9 Å². The van der Waals surface area contributed by atoms with Crippen LogP contribution in [0.4, 0.5) is 0 Å². The molecule has 0 heterocycles. The first kappa shape index (κ1) is 13.3. The van der Waals surface area contributed by atoms with Crippen LogP contribution in [0.1, 0.15) is 51.9 Å². The Morgan fingerprint density at radius 2 is 1.76 bits per heavy atom. The Morgan fingerprint density at radius 3 is 2.35 bits per heavy atom. The van der Waals surface area contributed by atoms with E-state index in [2.05, 4.69) is 4.90 Å². The van der Waals surface area contributed by atoms with Gasteiger partial charge in [-0.15, -0.1) is 0 Å². The molecular weight excluding hydrogens is 214 g/mol. The van der Waals surface area contributed by atoms with Gasteiger partial charge in [-0.2, -0.15) is 0 Å². The summed E-state index contributed by atoms with van der Waals surface area (Å²) in [5, 5.41) is 9.99. The highest BCUT2D eigenvalue weighted by atomic mass is 16.5. The molecule has 2 aliphatic rings. The highest BCUT2D eigenvalue weighted by Crippen LogP contribution is 2.33. The molecule has 2 fully saturated rings. The van der Waals surface area contributed by atoms with E-state index in [1.54, 1.807) is 0 Å². The van der Waals surface area contributed by atoms with Gasteiger partial charge in [-0.3, -0.25) is 4.90 Å². The summed E-state index contributed by atoms with van der Waals surface area (Å²) < 4.78 is 5.31. The van der Waals surface area contributed by atoms with Crippen LogP contribution in [-0.2, 0) is 4.74 Å². The Kier molecular flexibility index (Phi) is 5.26. The maximum absolute atomic E-state index is 9.99. The summed E-state index contributed by atoms with van der Waals surface area (Å²) in [5.74, 6) is 0. The van der Waals surface area contributed by atoms with Crippen LogP contribution in [0, 0.1) is 0 Å². The molecule has 0 spiro atoms. The zero-order valence-electron chi connectivity index (χ0n) is 11.1. The molecule has 3 nitrogen and oxygen atoms in total. The molecule has 2 saturated carbocycles. The zero-order valence-corrected chi connectivity index (χ0v) is 11.1. The standard InChI is InChI=1S/C14H27NO2/c1-2-17-11-14(16)10-15(13-8-9-13)12-6-4-3-5-7-12/h12-14,16H,2-11H2,1H3. The van der Waals surface area contributed by atoms with Gasteiger partial charge in [-0.05, 0) is 32.6 Å². The van der Waals surface area contributed by atoms with Crippen LogP contribution < -0.4 is 0 Å². The fraction of sp³-hybridized carbons (Fsp3) is 1.00. The monoisotopic (exact) mass is 241 g/mol. The van der Waals surface area contributed by atoms with Crippen molar-refractivity contribution in [3.63, 3.8) is 0 Å². The van der Waals surface area contributed by atoms with Gasteiger partial charge in [0.15, 0.2) is 0 Å². The summed E-state index contributed by atoms with van der Waals surface area (Å²) in [6.45, 7) is 3.98. The van der Waals surface area contributed by atoms with Gasteiger partial charge in [0, 0.05) is 25.2 Å². The Labute approximate surface area is 105 Å². The van der Waals surface area contributed by atoms with Crippen molar-refractivity contribution in [2.24, 2.45) is 0 Å². The quantitative estimate of drug-likeness (QED) is 0.741. The van der Waals surface area contributed by atoms with E-state index < -0.39 is 0 Å². The summed E-state index contributed by atoms with van der Waals surface area (Å²) in [6, 6.07) is 1.49. The molecule has 2 aliphatic carbocycles. The van der Waals surface area contributed by atoms with E-state index in [9.17, 15) is 5.11 Å². The maximum atomic E-state index is 9.99. The Morgan fingerprint density at radius 1 is 1.12 bits per heavy atom. The van der Waals surface area contributed by atoms with Crippen LogP contribution >= 0.6 is 0 Å². The molecule has 0 saturated heterocycles. The van der Waals surface area contributed by atoms with Crippen LogP contribution in [0.5, 0.6) is 0 Å². The summed E-state index contributed by atoms with van der Waals surface area (Å²) in [4.78, 5) is 2.57. The number of nitrogens with zero attached hydrogens (tertiary/aromatic N) is 1. The van der Waals surface area contributed by atoms with Crippen LogP contribution in [0.3, 0.4) is 0 Å². The zero-order chi connectivity index (χ0) is 12.1. The minimum absolute atomic E-state index is 0.308. The van der Waals surface area contributed by atoms with Crippen LogP contribution in [-0.4, -0.2) is 48.0 Å². The van der Waals surface area contributed by atoms with Crippen LogP contribution in [0.2, 0.25) is 0 Å². The largest absolute Gasteiger partial charge is 0.389 e. The number of hydrogen-bond donors (Lipinski definition) is 1. The van der Waals surface area contributed by atoms with Crippen LogP contribution in [0.15, 0.2) is 0 Å². The molecule has 0 bridgehead atoms. The average molecular weight is 241 g/mol. The number of hydrogen-bond acceptors (Lipinski definition) is 3. The molecule has 17 heavy (non-hydrogen) atoms. The minimum atomic E-state index is -0.308. The third-order valence-corrected chi connectivity index (χ3v) is 4.00. The summed E-state index contributed by atoms with van der Waals surface area (Å²) in [7, 11) is 0. The Hall–Kier alpha value is -0.120. The molecule has 0 aromatic heterocycles. The first-order valence-electron chi connectivity index (χ1n) is 7.32. The Bertz CT molecular complexity index is 212. The molecule has 0 radical (unpaired) electrons. The molecule has 1 unspecified atom stereocenters. The van der Waals surface area contributed by atoms with E-state index in [4.69, 9.17) is 4.74 Å². The molecule has 0 amide bonds. The van der Waals surface area contributed by atoms with Crippen molar-refractivity contribution in [3.8, 4) is 0 Å². The molecule has 0 aromatic carbocycles. The van der Waals surface area contributed by atoms with Crippen molar-refractivity contribution in [2.45, 2.75) is 70.1 Å². The first-order chi connectivity index (χ1) is 8.31. The SMILES string of the molecule is CCOCC(O)CN(C1CCCCC1)C1CC1. The van der Waals surface area contributed by atoms with Gasteiger partial charge in [0.1, 0.15) is 0 Å². The second kappa shape index (κ2) is 6.72. The predicted molar refractivity (Wildman–Crippen MR) is 69.1 cm³/mol. The number of aliphatic hydroxyl groups excluding tert-OH is 1. The molecule has 3 heteroatoms. The van der Waals surface area contributed by atoms with Gasteiger partial charge >= 0.3 is 0 Å². The third kappa shape index (κ3) is 4.23. The van der Waals surface area contributed by atoms with E-state index in [1.807, 2.05) is 6.92 Å². The van der Waals surface area contributed by atoms with Gasteiger partial charge in [-0.25, -0.2) is 0 Å². The highest BCUT2D eigenvalue weighted by Gasteiger charge is 2.35.